The fourth-order valence-corrected chi connectivity index (χ4v) is 2.30. The Morgan fingerprint density at radius 1 is 1.47 bits per heavy atom. The summed E-state index contributed by atoms with van der Waals surface area (Å²) in [4.78, 5) is 14.4. The molecule has 3 nitrogen and oxygen atoms in total. The van der Waals surface area contributed by atoms with Crippen molar-refractivity contribution in [3.63, 3.8) is 0 Å². The number of halogens is 2. The molecule has 0 fully saturated rings. The molecule has 1 aliphatic rings. The number of hydrogen-bond donors (Lipinski definition) is 1. The normalized spacial score (nSPS) is 23.7. The molecule has 0 saturated carbocycles. The summed E-state index contributed by atoms with van der Waals surface area (Å²) in [7, 11) is 0. The van der Waals surface area contributed by atoms with Gasteiger partial charge in [0.1, 0.15) is 5.54 Å². The van der Waals surface area contributed by atoms with E-state index in [1.165, 1.54) is 0 Å². The summed E-state index contributed by atoms with van der Waals surface area (Å²) in [6, 6.07) is 5.63. The van der Waals surface area contributed by atoms with E-state index in [4.69, 9.17) is 5.73 Å². The van der Waals surface area contributed by atoms with Crippen LogP contribution in [-0.2, 0) is 22.6 Å². The summed E-state index contributed by atoms with van der Waals surface area (Å²) in [6.07, 6.45) is 0.628. The van der Waals surface area contributed by atoms with Crippen molar-refractivity contribution in [1.29, 1.82) is 0 Å². The van der Waals surface area contributed by atoms with E-state index in [0.717, 1.165) is 15.6 Å². The van der Waals surface area contributed by atoms with Crippen molar-refractivity contribution in [1.82, 2.24) is 0 Å². The number of nitrogens with two attached hydrogens (primary N) is 1. The zero-order valence-electron chi connectivity index (χ0n) is 7.80. The molecule has 2 N–H and O–H groups in total. The first-order chi connectivity index (χ1) is 7.05. The molecular formula is C10H9BrFNO2. The second-order valence-electron chi connectivity index (χ2n) is 3.79. The van der Waals surface area contributed by atoms with Crippen LogP contribution in [0.1, 0.15) is 11.1 Å². The maximum atomic E-state index is 11.8. The molecular weight excluding hydrogens is 265 g/mol. The van der Waals surface area contributed by atoms with Gasteiger partial charge in [-0.05, 0) is 23.3 Å². The molecule has 0 aliphatic heterocycles. The molecule has 1 aromatic carbocycles. The summed E-state index contributed by atoms with van der Waals surface area (Å²) < 4.78 is 12.8. The van der Waals surface area contributed by atoms with E-state index in [2.05, 4.69) is 20.9 Å². The van der Waals surface area contributed by atoms with Crippen molar-refractivity contribution < 1.29 is 14.3 Å². The molecule has 0 bridgehead atoms. The monoisotopic (exact) mass is 273 g/mol. The van der Waals surface area contributed by atoms with Crippen LogP contribution in [0.2, 0.25) is 0 Å². The summed E-state index contributed by atoms with van der Waals surface area (Å²) in [6.45, 7) is 0. The molecule has 0 radical (unpaired) electrons. The van der Waals surface area contributed by atoms with Crippen LogP contribution in [0.4, 0.5) is 4.53 Å². The van der Waals surface area contributed by atoms with Gasteiger partial charge in [0.2, 0.25) is 0 Å². The summed E-state index contributed by atoms with van der Waals surface area (Å²) in [5.74, 6) is -1.00. The second-order valence-corrected chi connectivity index (χ2v) is 4.70. The number of carbonyl (C=O) groups excluding carboxylic acids is 1. The molecule has 5 heteroatoms. The topological polar surface area (TPSA) is 52.3 Å². The minimum Gasteiger partial charge on any atom is -0.315 e. The van der Waals surface area contributed by atoms with Gasteiger partial charge >= 0.3 is 5.97 Å². The molecule has 0 heterocycles. The third-order valence-electron chi connectivity index (χ3n) is 2.66. The first-order valence-corrected chi connectivity index (χ1v) is 5.24. The Labute approximate surface area is 94.4 Å². The fourth-order valence-electron chi connectivity index (χ4n) is 1.89. The average Bonchev–Trinajstić information content (AvgIpc) is 2.53. The van der Waals surface area contributed by atoms with Gasteiger partial charge in [0.25, 0.3) is 0 Å². The maximum absolute atomic E-state index is 11.8. The first kappa shape index (κ1) is 10.6. The fraction of sp³-hybridized carbons (Fsp3) is 0.300. The van der Waals surface area contributed by atoms with Crippen LogP contribution < -0.4 is 5.73 Å². The highest BCUT2D eigenvalue weighted by atomic mass is 79.9. The van der Waals surface area contributed by atoms with Gasteiger partial charge in [-0.15, -0.1) is 0 Å². The zero-order chi connectivity index (χ0) is 11.1. The molecule has 1 atom stereocenters. The largest absolute Gasteiger partial charge is 0.369 e. The lowest BCUT2D eigenvalue weighted by Gasteiger charge is -2.17. The lowest BCUT2D eigenvalue weighted by atomic mass is 9.98. The quantitative estimate of drug-likeness (QED) is 0.847. The standard InChI is InChI=1S/C10H9BrFNO2/c11-8-2-1-6-4-10(13,9(14)15-12)5-7(6)3-8/h1-3H,4-5,13H2. The number of rotatable bonds is 1. The van der Waals surface area contributed by atoms with Gasteiger partial charge in [-0.1, -0.05) is 22.0 Å². The molecule has 15 heavy (non-hydrogen) atoms. The van der Waals surface area contributed by atoms with Gasteiger partial charge in [-0.2, -0.15) is 0 Å². The molecule has 1 aromatic rings. The molecule has 1 aliphatic carbocycles. The number of carbonyl (C=O) groups is 1. The molecule has 0 spiro atoms. The van der Waals surface area contributed by atoms with E-state index in [0.29, 0.717) is 12.8 Å². The number of hydrogen-bond acceptors (Lipinski definition) is 3. The summed E-state index contributed by atoms with van der Waals surface area (Å²) in [5.41, 5.74) is 6.45. The SMILES string of the molecule is NC1(C(=O)OF)Cc2ccc(Br)cc2C1. The van der Waals surface area contributed by atoms with E-state index in [1.54, 1.807) is 0 Å². The molecule has 0 amide bonds. The van der Waals surface area contributed by atoms with Crippen LogP contribution in [0.25, 0.3) is 0 Å². The van der Waals surface area contributed by atoms with Gasteiger partial charge in [-0.25, -0.2) is 4.79 Å². The Hall–Kier alpha value is -0.940. The number of fused-ring (bicyclic) bond motifs is 1. The summed E-state index contributed by atoms with van der Waals surface area (Å²) in [5, 5.41) is 0. The predicted molar refractivity (Wildman–Crippen MR) is 55.7 cm³/mol. The Balaban J connectivity index is 2.32. The van der Waals surface area contributed by atoms with Gasteiger partial charge in [0, 0.05) is 21.8 Å². The van der Waals surface area contributed by atoms with E-state index >= 15 is 0 Å². The molecule has 2 rings (SSSR count). The van der Waals surface area contributed by atoms with Crippen molar-refractivity contribution in [3.8, 4) is 0 Å². The summed E-state index contributed by atoms with van der Waals surface area (Å²) >= 11 is 3.33. The van der Waals surface area contributed by atoms with Crippen molar-refractivity contribution in [2.24, 2.45) is 5.73 Å². The Bertz CT molecular complexity index is 424. The Kier molecular flexibility index (Phi) is 2.52. The second kappa shape index (κ2) is 3.57. The van der Waals surface area contributed by atoms with E-state index < -0.39 is 11.5 Å². The minimum absolute atomic E-state index is 0.310. The van der Waals surface area contributed by atoms with Gasteiger partial charge in [0.05, 0.1) is 0 Å². The lowest BCUT2D eigenvalue weighted by Crippen LogP contribution is -2.49. The third-order valence-corrected chi connectivity index (χ3v) is 3.15. The van der Waals surface area contributed by atoms with Crippen molar-refractivity contribution >= 4 is 21.9 Å². The van der Waals surface area contributed by atoms with Gasteiger partial charge < -0.3 is 5.73 Å². The Morgan fingerprint density at radius 3 is 2.80 bits per heavy atom. The minimum atomic E-state index is -1.25. The van der Waals surface area contributed by atoms with Crippen LogP contribution in [0, 0.1) is 0 Å². The highest BCUT2D eigenvalue weighted by Gasteiger charge is 2.42. The lowest BCUT2D eigenvalue weighted by molar-refractivity contribution is -0.190. The van der Waals surface area contributed by atoms with Crippen molar-refractivity contribution in [2.45, 2.75) is 18.4 Å². The van der Waals surface area contributed by atoms with E-state index in [-0.39, 0.29) is 0 Å². The maximum Gasteiger partial charge on any atom is 0.369 e. The Morgan fingerprint density at radius 2 is 2.13 bits per heavy atom. The highest BCUT2D eigenvalue weighted by molar-refractivity contribution is 9.10. The number of benzene rings is 1. The van der Waals surface area contributed by atoms with Crippen LogP contribution in [0.3, 0.4) is 0 Å². The first-order valence-electron chi connectivity index (χ1n) is 4.44. The molecule has 80 valence electrons. The van der Waals surface area contributed by atoms with Gasteiger partial charge in [0.15, 0.2) is 0 Å². The van der Waals surface area contributed by atoms with Crippen molar-refractivity contribution in [3.05, 3.63) is 33.8 Å². The molecule has 0 aromatic heterocycles. The zero-order valence-corrected chi connectivity index (χ0v) is 9.38. The van der Waals surface area contributed by atoms with Crippen LogP contribution in [-0.4, -0.2) is 11.5 Å². The molecule has 1 unspecified atom stereocenters. The van der Waals surface area contributed by atoms with Crippen LogP contribution in [0.5, 0.6) is 0 Å². The molecule has 0 saturated heterocycles. The van der Waals surface area contributed by atoms with Crippen LogP contribution in [0.15, 0.2) is 22.7 Å². The predicted octanol–water partition coefficient (Wildman–Crippen LogP) is 1.67. The van der Waals surface area contributed by atoms with E-state index in [1.807, 2.05) is 18.2 Å². The van der Waals surface area contributed by atoms with Crippen molar-refractivity contribution in [2.75, 3.05) is 0 Å². The smallest absolute Gasteiger partial charge is 0.315 e. The average molecular weight is 274 g/mol. The third kappa shape index (κ3) is 1.77. The van der Waals surface area contributed by atoms with E-state index in [9.17, 15) is 9.32 Å². The highest BCUT2D eigenvalue weighted by Crippen LogP contribution is 2.31. The van der Waals surface area contributed by atoms with Gasteiger partial charge in [-0.3, -0.25) is 4.94 Å². The van der Waals surface area contributed by atoms with Crippen LogP contribution >= 0.6 is 15.9 Å².